The zero-order valence-electron chi connectivity index (χ0n) is 15.0. The number of benzene rings is 1. The van der Waals surface area contributed by atoms with Crippen LogP contribution in [0.25, 0.3) is 0 Å². The third-order valence-electron chi connectivity index (χ3n) is 5.09. The van der Waals surface area contributed by atoms with Crippen molar-refractivity contribution in [1.29, 1.82) is 0 Å². The molecule has 2 rings (SSSR count). The van der Waals surface area contributed by atoms with Crippen LogP contribution in [0.4, 0.5) is 22.0 Å². The highest BCUT2D eigenvalue weighted by Crippen LogP contribution is 2.40. The fourth-order valence-electron chi connectivity index (χ4n) is 3.64. The van der Waals surface area contributed by atoms with Crippen LogP contribution in [0, 0.1) is 29.1 Å². The summed E-state index contributed by atoms with van der Waals surface area (Å²) in [5.74, 6) is -11.3. The van der Waals surface area contributed by atoms with Gasteiger partial charge in [-0.2, -0.15) is 8.42 Å². The van der Waals surface area contributed by atoms with E-state index in [1.54, 1.807) is 0 Å². The quantitative estimate of drug-likeness (QED) is 0.154. The van der Waals surface area contributed by atoms with E-state index in [1.165, 1.54) is 0 Å². The average molecular weight is 431 g/mol. The van der Waals surface area contributed by atoms with Gasteiger partial charge in [-0.15, -0.1) is 0 Å². The molecule has 1 atom stereocenters. The lowest BCUT2D eigenvalue weighted by atomic mass is 9.80. The molecule has 0 aromatic heterocycles. The van der Waals surface area contributed by atoms with E-state index in [4.69, 9.17) is 4.55 Å². The molecule has 1 aromatic carbocycles. The Hall–Kier alpha value is -1.30. The van der Waals surface area contributed by atoms with Crippen LogP contribution in [-0.4, -0.2) is 35.9 Å². The molecule has 1 aliphatic rings. The molecule has 0 saturated heterocycles. The minimum Gasteiger partial charge on any atom is -0.386 e. The first-order valence-electron chi connectivity index (χ1n) is 8.90. The minimum atomic E-state index is -4.22. The van der Waals surface area contributed by atoms with Crippen LogP contribution in [0.3, 0.4) is 0 Å². The lowest BCUT2D eigenvalue weighted by Crippen LogP contribution is -2.51. The maximum Gasteiger partial charge on any atom is 0.264 e. The SMILES string of the molecule is O=S(=O)(O)CCCNC1(C(O)c2c(F)c(F)c(F)c(F)c2F)CCCCCC1. The van der Waals surface area contributed by atoms with E-state index < -0.39 is 62.2 Å². The molecular formula is C17H22F5NO4S. The Morgan fingerprint density at radius 3 is 1.82 bits per heavy atom. The van der Waals surface area contributed by atoms with Crippen LogP contribution in [0.1, 0.15) is 56.6 Å². The first kappa shape index (κ1) is 23.0. The molecule has 11 heteroatoms. The second kappa shape index (κ2) is 9.02. The molecule has 0 heterocycles. The van der Waals surface area contributed by atoms with Crippen molar-refractivity contribution in [2.45, 2.75) is 56.6 Å². The maximum atomic E-state index is 14.2. The molecule has 0 amide bonds. The van der Waals surface area contributed by atoms with Gasteiger partial charge in [0.05, 0.1) is 11.3 Å². The average Bonchev–Trinajstić information content (AvgIpc) is 2.88. The molecule has 5 nitrogen and oxygen atoms in total. The first-order chi connectivity index (χ1) is 13.0. The van der Waals surface area contributed by atoms with Crippen LogP contribution < -0.4 is 5.32 Å². The van der Waals surface area contributed by atoms with Gasteiger partial charge in [0, 0.05) is 5.54 Å². The van der Waals surface area contributed by atoms with E-state index >= 15 is 0 Å². The molecule has 1 aliphatic carbocycles. The minimum absolute atomic E-state index is 0.0494. The van der Waals surface area contributed by atoms with Crippen molar-refractivity contribution >= 4 is 10.1 Å². The fourth-order valence-corrected chi connectivity index (χ4v) is 4.15. The van der Waals surface area contributed by atoms with Gasteiger partial charge in [-0.05, 0) is 25.8 Å². The van der Waals surface area contributed by atoms with E-state index in [-0.39, 0.29) is 25.8 Å². The van der Waals surface area contributed by atoms with Crippen LogP contribution in [-0.2, 0) is 10.1 Å². The van der Waals surface area contributed by atoms with Gasteiger partial charge in [-0.3, -0.25) is 4.55 Å². The standard InChI is InChI=1S/C17H22F5NO4S/c18-11-10(12(19)14(21)15(22)13(11)20)16(24)17(6-3-1-2-4-7-17)23-8-5-9-28(25,26)27/h16,23-24H,1-9H2,(H,25,26,27). The predicted octanol–water partition coefficient (Wildman–Crippen LogP) is 3.38. The van der Waals surface area contributed by atoms with Gasteiger partial charge in [-0.1, -0.05) is 25.7 Å². The molecule has 3 N–H and O–H groups in total. The van der Waals surface area contributed by atoms with Gasteiger partial charge in [0.15, 0.2) is 23.3 Å². The van der Waals surface area contributed by atoms with Crippen molar-refractivity contribution in [3.63, 3.8) is 0 Å². The summed E-state index contributed by atoms with van der Waals surface area (Å²) in [6, 6.07) is 0. The van der Waals surface area contributed by atoms with Crippen LogP contribution >= 0.6 is 0 Å². The molecule has 0 bridgehead atoms. The Balaban J connectivity index is 2.38. The lowest BCUT2D eigenvalue weighted by molar-refractivity contribution is 0.0397. The second-order valence-corrected chi connectivity index (χ2v) is 8.59. The van der Waals surface area contributed by atoms with E-state index in [0.29, 0.717) is 12.8 Å². The molecule has 1 fully saturated rings. The Morgan fingerprint density at radius 1 is 0.893 bits per heavy atom. The first-order valence-corrected chi connectivity index (χ1v) is 10.5. The summed E-state index contributed by atoms with van der Waals surface area (Å²) in [6.45, 7) is -0.0494. The highest BCUT2D eigenvalue weighted by molar-refractivity contribution is 7.85. The monoisotopic (exact) mass is 431 g/mol. The third-order valence-corrected chi connectivity index (χ3v) is 5.90. The summed E-state index contributed by atoms with van der Waals surface area (Å²) < 4.78 is 99.3. The number of hydrogen-bond donors (Lipinski definition) is 3. The van der Waals surface area contributed by atoms with Gasteiger partial charge >= 0.3 is 0 Å². The molecule has 1 unspecified atom stereocenters. The maximum absolute atomic E-state index is 14.2. The summed E-state index contributed by atoms with van der Waals surface area (Å²) in [6.07, 6.45) is 0.885. The number of aliphatic hydroxyl groups excluding tert-OH is 1. The third kappa shape index (κ3) is 5.00. The molecule has 160 valence electrons. The summed E-state index contributed by atoms with van der Waals surface area (Å²) in [5, 5.41) is 13.6. The summed E-state index contributed by atoms with van der Waals surface area (Å²) in [7, 11) is -4.22. The summed E-state index contributed by atoms with van der Waals surface area (Å²) >= 11 is 0. The summed E-state index contributed by atoms with van der Waals surface area (Å²) in [4.78, 5) is 0. The van der Waals surface area contributed by atoms with E-state index in [2.05, 4.69) is 5.32 Å². The van der Waals surface area contributed by atoms with Gasteiger partial charge in [0.1, 0.15) is 6.10 Å². The molecule has 0 aliphatic heterocycles. The van der Waals surface area contributed by atoms with Crippen molar-refractivity contribution in [2.75, 3.05) is 12.3 Å². The van der Waals surface area contributed by atoms with Crippen LogP contribution in [0.5, 0.6) is 0 Å². The van der Waals surface area contributed by atoms with Gasteiger partial charge in [0.2, 0.25) is 5.82 Å². The number of hydrogen-bond acceptors (Lipinski definition) is 4. The van der Waals surface area contributed by atoms with Gasteiger partial charge in [0.25, 0.3) is 10.1 Å². The van der Waals surface area contributed by atoms with E-state index in [0.717, 1.165) is 12.8 Å². The Bertz CT molecular complexity index is 781. The smallest absolute Gasteiger partial charge is 0.264 e. The lowest BCUT2D eigenvalue weighted by Gasteiger charge is -2.39. The zero-order valence-corrected chi connectivity index (χ0v) is 15.8. The van der Waals surface area contributed by atoms with Crippen molar-refractivity contribution in [3.8, 4) is 0 Å². The second-order valence-electron chi connectivity index (χ2n) is 7.02. The topological polar surface area (TPSA) is 86.6 Å². The molecule has 1 saturated carbocycles. The van der Waals surface area contributed by atoms with Gasteiger partial charge < -0.3 is 10.4 Å². The normalized spacial score (nSPS) is 18.7. The van der Waals surface area contributed by atoms with E-state index in [9.17, 15) is 35.5 Å². The van der Waals surface area contributed by atoms with Crippen LogP contribution in [0.15, 0.2) is 0 Å². The predicted molar refractivity (Wildman–Crippen MR) is 90.7 cm³/mol. The van der Waals surface area contributed by atoms with Crippen LogP contribution in [0.2, 0.25) is 0 Å². The van der Waals surface area contributed by atoms with Gasteiger partial charge in [-0.25, -0.2) is 22.0 Å². The van der Waals surface area contributed by atoms with Crippen molar-refractivity contribution in [1.82, 2.24) is 5.32 Å². The molecule has 28 heavy (non-hydrogen) atoms. The summed E-state index contributed by atoms with van der Waals surface area (Å²) in [5.41, 5.74) is -2.70. The van der Waals surface area contributed by atoms with Crippen molar-refractivity contribution in [2.24, 2.45) is 0 Å². The fraction of sp³-hybridized carbons (Fsp3) is 0.647. The Kier molecular flexibility index (Phi) is 7.40. The number of rotatable bonds is 7. The highest BCUT2D eigenvalue weighted by Gasteiger charge is 2.43. The highest BCUT2D eigenvalue weighted by atomic mass is 32.2. The molecule has 0 radical (unpaired) electrons. The largest absolute Gasteiger partial charge is 0.386 e. The molecular weight excluding hydrogens is 409 g/mol. The Labute approximate surface area is 159 Å². The molecule has 0 spiro atoms. The Morgan fingerprint density at radius 2 is 1.36 bits per heavy atom. The number of halogens is 5. The van der Waals surface area contributed by atoms with Crippen molar-refractivity contribution < 1.29 is 40.0 Å². The van der Waals surface area contributed by atoms with E-state index in [1.807, 2.05) is 0 Å². The number of aliphatic hydroxyl groups is 1. The zero-order chi connectivity index (χ0) is 21.1. The van der Waals surface area contributed by atoms with Crippen molar-refractivity contribution in [3.05, 3.63) is 34.6 Å². The number of nitrogens with one attached hydrogen (secondary N) is 1. The molecule has 1 aromatic rings.